The molecule has 0 aliphatic rings. The number of carbonyl (C=O) groups is 1. The van der Waals surface area contributed by atoms with Crippen LogP contribution in [0.15, 0.2) is 48.5 Å². The molecule has 3 N–H and O–H groups in total. The van der Waals surface area contributed by atoms with Crippen LogP contribution in [0.25, 0.3) is 0 Å². The van der Waals surface area contributed by atoms with Crippen LogP contribution in [-0.2, 0) is 11.2 Å². The number of hydrogen-bond donors (Lipinski definition) is 3. The van der Waals surface area contributed by atoms with Crippen molar-refractivity contribution in [1.82, 2.24) is 10.9 Å². The van der Waals surface area contributed by atoms with Crippen LogP contribution in [-0.4, -0.2) is 17.6 Å². The number of rotatable bonds is 8. The molecule has 0 aromatic heterocycles. The Kier molecular flexibility index (Phi) is 8.58. The SMILES string of the molecule is CCCCc1ccc(NC(=S)NNC(=O)CCOc2ccc(C)cc2)cc1. The van der Waals surface area contributed by atoms with Gasteiger partial charge in [0.2, 0.25) is 5.91 Å². The van der Waals surface area contributed by atoms with Crippen molar-refractivity contribution in [2.75, 3.05) is 11.9 Å². The van der Waals surface area contributed by atoms with Crippen LogP contribution < -0.4 is 20.9 Å². The Bertz CT molecular complexity index is 730. The Morgan fingerprint density at radius 1 is 1.04 bits per heavy atom. The van der Waals surface area contributed by atoms with E-state index in [4.69, 9.17) is 17.0 Å². The molecule has 1 amide bonds. The van der Waals surface area contributed by atoms with Gasteiger partial charge in [-0.15, -0.1) is 0 Å². The molecule has 0 heterocycles. The molecule has 144 valence electrons. The van der Waals surface area contributed by atoms with Gasteiger partial charge in [-0.1, -0.05) is 43.2 Å². The maximum absolute atomic E-state index is 11.8. The maximum atomic E-state index is 11.8. The standard InChI is InChI=1S/C21H27N3O2S/c1-3-4-5-17-8-10-18(11-9-17)22-21(27)24-23-20(25)14-15-26-19-12-6-16(2)7-13-19/h6-13H,3-5,14-15H2,1-2H3,(H,23,25)(H2,22,24,27). The number of amides is 1. The van der Waals surface area contributed by atoms with Gasteiger partial charge in [-0.2, -0.15) is 0 Å². The molecule has 0 saturated carbocycles. The fraction of sp³-hybridized carbons (Fsp3) is 0.333. The van der Waals surface area contributed by atoms with E-state index in [0.29, 0.717) is 11.7 Å². The van der Waals surface area contributed by atoms with Gasteiger partial charge in [0.25, 0.3) is 0 Å². The minimum Gasteiger partial charge on any atom is -0.493 e. The highest BCUT2D eigenvalue weighted by molar-refractivity contribution is 7.80. The van der Waals surface area contributed by atoms with Gasteiger partial charge in [0.05, 0.1) is 13.0 Å². The predicted octanol–water partition coefficient (Wildman–Crippen LogP) is 4.12. The van der Waals surface area contributed by atoms with E-state index in [1.165, 1.54) is 24.0 Å². The Balaban J connectivity index is 1.64. The fourth-order valence-electron chi connectivity index (χ4n) is 2.38. The van der Waals surface area contributed by atoms with Crippen molar-refractivity contribution >= 4 is 28.9 Å². The molecule has 6 heteroatoms. The Labute approximate surface area is 166 Å². The lowest BCUT2D eigenvalue weighted by atomic mass is 10.1. The first-order chi connectivity index (χ1) is 13.1. The highest BCUT2D eigenvalue weighted by Crippen LogP contribution is 2.12. The molecule has 2 rings (SSSR count). The number of ether oxygens (including phenoxy) is 1. The Morgan fingerprint density at radius 3 is 2.41 bits per heavy atom. The van der Waals surface area contributed by atoms with Gasteiger partial charge in [-0.05, 0) is 61.8 Å². The molecular formula is C21H27N3O2S. The van der Waals surface area contributed by atoms with E-state index in [1.54, 1.807) is 0 Å². The number of carbonyl (C=O) groups excluding carboxylic acids is 1. The second-order valence-corrected chi connectivity index (χ2v) is 6.75. The minimum atomic E-state index is -0.193. The van der Waals surface area contributed by atoms with E-state index in [1.807, 2.05) is 43.3 Å². The summed E-state index contributed by atoms with van der Waals surface area (Å²) >= 11 is 5.19. The van der Waals surface area contributed by atoms with Crippen molar-refractivity contribution in [1.29, 1.82) is 0 Å². The van der Waals surface area contributed by atoms with Gasteiger partial charge in [0.1, 0.15) is 5.75 Å². The average Bonchev–Trinajstić information content (AvgIpc) is 2.67. The lowest BCUT2D eigenvalue weighted by molar-refractivity contribution is -0.122. The monoisotopic (exact) mass is 385 g/mol. The lowest BCUT2D eigenvalue weighted by Crippen LogP contribution is -2.44. The zero-order chi connectivity index (χ0) is 19.5. The summed E-state index contributed by atoms with van der Waals surface area (Å²) in [6.07, 6.45) is 3.69. The predicted molar refractivity (Wildman–Crippen MR) is 114 cm³/mol. The number of hydrazine groups is 1. The zero-order valence-electron chi connectivity index (χ0n) is 15.9. The molecular weight excluding hydrogens is 358 g/mol. The second-order valence-electron chi connectivity index (χ2n) is 6.34. The Morgan fingerprint density at radius 2 is 1.74 bits per heavy atom. The second kappa shape index (κ2) is 11.2. The maximum Gasteiger partial charge on any atom is 0.241 e. The van der Waals surface area contributed by atoms with Crippen molar-refractivity contribution in [3.63, 3.8) is 0 Å². The molecule has 0 bridgehead atoms. The van der Waals surface area contributed by atoms with E-state index in [9.17, 15) is 4.79 Å². The molecule has 0 spiro atoms. The third-order valence-electron chi connectivity index (χ3n) is 3.97. The number of anilines is 1. The summed E-state index contributed by atoms with van der Waals surface area (Å²) in [5, 5.41) is 3.38. The quantitative estimate of drug-likeness (QED) is 0.471. The zero-order valence-corrected chi connectivity index (χ0v) is 16.7. The van der Waals surface area contributed by atoms with Crippen molar-refractivity contribution in [2.45, 2.75) is 39.5 Å². The first-order valence-electron chi connectivity index (χ1n) is 9.21. The van der Waals surface area contributed by atoms with E-state index in [0.717, 1.165) is 17.9 Å². The summed E-state index contributed by atoms with van der Waals surface area (Å²) in [5.41, 5.74) is 8.62. The largest absolute Gasteiger partial charge is 0.493 e. The first-order valence-corrected chi connectivity index (χ1v) is 9.62. The number of hydrogen-bond acceptors (Lipinski definition) is 3. The van der Waals surface area contributed by atoms with Gasteiger partial charge in [-0.3, -0.25) is 15.6 Å². The highest BCUT2D eigenvalue weighted by Gasteiger charge is 2.04. The topological polar surface area (TPSA) is 62.4 Å². The summed E-state index contributed by atoms with van der Waals surface area (Å²) in [6, 6.07) is 15.8. The molecule has 0 aliphatic carbocycles. The molecule has 0 saturated heterocycles. The average molecular weight is 386 g/mol. The summed E-state index contributed by atoms with van der Waals surface area (Å²) in [5.74, 6) is 0.558. The lowest BCUT2D eigenvalue weighted by Gasteiger charge is -2.12. The third kappa shape index (κ3) is 8.09. The van der Waals surface area contributed by atoms with Gasteiger partial charge >= 0.3 is 0 Å². The molecule has 2 aromatic carbocycles. The third-order valence-corrected chi connectivity index (χ3v) is 4.17. The van der Waals surface area contributed by atoms with Crippen LogP contribution in [0.1, 0.15) is 37.3 Å². The molecule has 2 aromatic rings. The van der Waals surface area contributed by atoms with Crippen molar-refractivity contribution in [3.8, 4) is 5.75 Å². The molecule has 0 radical (unpaired) electrons. The van der Waals surface area contributed by atoms with Crippen LogP contribution in [0.2, 0.25) is 0 Å². The van der Waals surface area contributed by atoms with E-state index in [2.05, 4.69) is 35.2 Å². The van der Waals surface area contributed by atoms with Crippen LogP contribution in [0.4, 0.5) is 5.69 Å². The molecule has 0 fully saturated rings. The summed E-state index contributed by atoms with van der Waals surface area (Å²) < 4.78 is 5.54. The van der Waals surface area contributed by atoms with Gasteiger partial charge in [0.15, 0.2) is 5.11 Å². The van der Waals surface area contributed by atoms with Crippen LogP contribution in [0.3, 0.4) is 0 Å². The summed E-state index contributed by atoms with van der Waals surface area (Å²) in [4.78, 5) is 11.8. The molecule has 0 atom stereocenters. The van der Waals surface area contributed by atoms with Crippen LogP contribution in [0, 0.1) is 6.92 Å². The number of unbranched alkanes of at least 4 members (excludes halogenated alkanes) is 1. The number of nitrogens with one attached hydrogen (secondary N) is 3. The first kappa shape index (κ1) is 20.7. The number of aryl methyl sites for hydroxylation is 2. The van der Waals surface area contributed by atoms with E-state index >= 15 is 0 Å². The van der Waals surface area contributed by atoms with Gasteiger partial charge < -0.3 is 10.1 Å². The normalized spacial score (nSPS) is 10.1. The molecule has 0 unspecified atom stereocenters. The summed E-state index contributed by atoms with van der Waals surface area (Å²) in [7, 11) is 0. The van der Waals surface area contributed by atoms with Crippen molar-refractivity contribution < 1.29 is 9.53 Å². The minimum absolute atomic E-state index is 0.193. The fourth-order valence-corrected chi connectivity index (χ4v) is 2.55. The van der Waals surface area contributed by atoms with E-state index < -0.39 is 0 Å². The Hall–Kier alpha value is -2.60. The molecule has 27 heavy (non-hydrogen) atoms. The van der Waals surface area contributed by atoms with E-state index in [-0.39, 0.29) is 12.3 Å². The molecule has 5 nitrogen and oxygen atoms in total. The van der Waals surface area contributed by atoms with Crippen LogP contribution in [0.5, 0.6) is 5.75 Å². The number of thiocarbonyl (C=S) groups is 1. The van der Waals surface area contributed by atoms with Crippen molar-refractivity contribution in [2.24, 2.45) is 0 Å². The highest BCUT2D eigenvalue weighted by atomic mass is 32.1. The van der Waals surface area contributed by atoms with Gasteiger partial charge in [0, 0.05) is 5.69 Å². The summed E-state index contributed by atoms with van der Waals surface area (Å²) in [6.45, 7) is 4.50. The smallest absolute Gasteiger partial charge is 0.241 e. The van der Waals surface area contributed by atoms with Crippen LogP contribution >= 0.6 is 12.2 Å². The van der Waals surface area contributed by atoms with Gasteiger partial charge in [-0.25, -0.2) is 0 Å². The number of benzene rings is 2. The molecule has 0 aliphatic heterocycles. The van der Waals surface area contributed by atoms with Crippen molar-refractivity contribution in [3.05, 3.63) is 59.7 Å².